The van der Waals surface area contributed by atoms with E-state index in [2.05, 4.69) is 0 Å². The first kappa shape index (κ1) is 12.6. The van der Waals surface area contributed by atoms with Gasteiger partial charge in [0.05, 0.1) is 0 Å². The third-order valence-electron chi connectivity index (χ3n) is 3.46. The van der Waals surface area contributed by atoms with Gasteiger partial charge in [-0.05, 0) is 6.42 Å². The molecule has 4 unspecified atom stereocenters. The summed E-state index contributed by atoms with van der Waals surface area (Å²) in [5, 5.41) is 0. The molecule has 0 spiro atoms. The fourth-order valence-electron chi connectivity index (χ4n) is 2.66. The van der Waals surface area contributed by atoms with Crippen LogP contribution >= 0.6 is 0 Å². The molecule has 2 rings (SSSR count). The molecule has 0 radical (unpaired) electrons. The van der Waals surface area contributed by atoms with Gasteiger partial charge in [0, 0.05) is 11.8 Å². The Labute approximate surface area is 90.3 Å². The van der Waals surface area contributed by atoms with E-state index in [0.29, 0.717) is 12.2 Å². The maximum absolute atomic E-state index is 13.8. The van der Waals surface area contributed by atoms with Crippen molar-refractivity contribution in [3.63, 3.8) is 0 Å². The van der Waals surface area contributed by atoms with Crippen LogP contribution in [-0.4, -0.2) is 23.7 Å². The first-order chi connectivity index (χ1) is 7.46. The van der Waals surface area contributed by atoms with Gasteiger partial charge in [-0.2, -0.15) is 26.3 Å². The summed E-state index contributed by atoms with van der Waals surface area (Å²) in [7, 11) is 0. The van der Waals surface area contributed by atoms with Crippen LogP contribution in [0.3, 0.4) is 0 Å². The molecule has 0 heterocycles. The van der Waals surface area contributed by atoms with Crippen LogP contribution in [0.5, 0.6) is 0 Å². The summed E-state index contributed by atoms with van der Waals surface area (Å²) in [4.78, 5) is 0. The van der Waals surface area contributed by atoms with Crippen LogP contribution in [0.25, 0.3) is 0 Å². The van der Waals surface area contributed by atoms with Crippen LogP contribution < -0.4 is 0 Å². The number of alkyl halides is 8. The Hall–Kier alpha value is -0.820. The molecule has 1 fully saturated rings. The molecule has 4 atom stereocenters. The van der Waals surface area contributed by atoms with Gasteiger partial charge in [-0.1, -0.05) is 12.2 Å². The van der Waals surface area contributed by atoms with Gasteiger partial charge in [0.1, 0.15) is 0 Å². The maximum Gasteiger partial charge on any atom is 0.426 e. The van der Waals surface area contributed by atoms with Crippen LogP contribution in [0.1, 0.15) is 6.42 Å². The number of hydrogen-bond donors (Lipinski definition) is 0. The fraction of sp³-hybridized carbons (Fsp3) is 0.778. The van der Waals surface area contributed by atoms with Crippen molar-refractivity contribution in [3.05, 3.63) is 12.2 Å². The predicted molar refractivity (Wildman–Crippen MR) is 40.5 cm³/mol. The second kappa shape index (κ2) is 2.95. The molecular weight excluding hydrogens is 260 g/mol. The van der Waals surface area contributed by atoms with E-state index in [1.807, 2.05) is 0 Å². The van der Waals surface area contributed by atoms with Gasteiger partial charge in [-0.15, -0.1) is 0 Å². The Balaban J connectivity index is 2.62. The smallest absolute Gasteiger partial charge is 0.229 e. The first-order valence-corrected chi connectivity index (χ1v) is 4.66. The minimum absolute atomic E-state index is 0.668. The molecule has 1 saturated carbocycles. The normalized spacial score (nSPS) is 45.6. The van der Waals surface area contributed by atoms with Gasteiger partial charge < -0.3 is 0 Å². The van der Waals surface area contributed by atoms with E-state index < -0.39 is 41.9 Å². The zero-order chi connectivity index (χ0) is 13.3. The van der Waals surface area contributed by atoms with Crippen LogP contribution in [0.4, 0.5) is 35.1 Å². The van der Waals surface area contributed by atoms with E-state index in [-0.39, 0.29) is 0 Å². The van der Waals surface area contributed by atoms with E-state index in [0.717, 1.165) is 0 Å². The summed E-state index contributed by atoms with van der Waals surface area (Å²) < 4.78 is 102. The molecule has 0 amide bonds. The lowest BCUT2D eigenvalue weighted by atomic mass is 9.76. The van der Waals surface area contributed by atoms with Gasteiger partial charge in [0.15, 0.2) is 0 Å². The molecule has 2 bridgehead atoms. The van der Waals surface area contributed by atoms with Gasteiger partial charge in [-0.3, -0.25) is 0 Å². The van der Waals surface area contributed by atoms with E-state index in [1.165, 1.54) is 0 Å². The lowest BCUT2D eigenvalue weighted by Crippen LogP contribution is -2.66. The average molecular weight is 266 g/mol. The standard InChI is InChI=1S/C9H6F8/c10-6(8(12,13)14)4-1-2-5(3-4)7(6,11)9(15,16)17/h1-2,4-5H,3H2. The molecule has 0 nitrogen and oxygen atoms in total. The Bertz CT molecular complexity index is 332. The van der Waals surface area contributed by atoms with Crippen LogP contribution in [-0.2, 0) is 0 Å². The van der Waals surface area contributed by atoms with E-state index >= 15 is 0 Å². The highest BCUT2D eigenvalue weighted by Crippen LogP contribution is 2.67. The third-order valence-corrected chi connectivity index (χ3v) is 3.46. The molecule has 2 aliphatic rings. The Morgan fingerprint density at radius 3 is 1.29 bits per heavy atom. The molecule has 0 aromatic heterocycles. The molecule has 8 heteroatoms. The number of fused-ring (bicyclic) bond motifs is 2. The van der Waals surface area contributed by atoms with E-state index in [1.54, 1.807) is 0 Å². The first-order valence-electron chi connectivity index (χ1n) is 4.66. The lowest BCUT2D eigenvalue weighted by Gasteiger charge is -2.41. The third kappa shape index (κ3) is 1.18. The monoisotopic (exact) mass is 266 g/mol. The van der Waals surface area contributed by atoms with Gasteiger partial charge >= 0.3 is 12.4 Å². The second-order valence-corrected chi connectivity index (χ2v) is 4.25. The minimum Gasteiger partial charge on any atom is -0.229 e. The summed E-state index contributed by atoms with van der Waals surface area (Å²) in [5.74, 6) is -4.22. The molecule has 0 N–H and O–H groups in total. The molecule has 0 aromatic rings. The molecular formula is C9H6F8. The van der Waals surface area contributed by atoms with Gasteiger partial charge in [-0.25, -0.2) is 8.78 Å². The summed E-state index contributed by atoms with van der Waals surface area (Å²) in [6, 6.07) is 0. The number of rotatable bonds is 0. The van der Waals surface area contributed by atoms with Crippen LogP contribution in [0, 0.1) is 11.8 Å². The fourth-order valence-corrected chi connectivity index (χ4v) is 2.66. The molecule has 98 valence electrons. The zero-order valence-electron chi connectivity index (χ0n) is 8.04. The van der Waals surface area contributed by atoms with Crippen molar-refractivity contribution in [2.24, 2.45) is 11.8 Å². The van der Waals surface area contributed by atoms with Crippen molar-refractivity contribution in [1.82, 2.24) is 0 Å². The topological polar surface area (TPSA) is 0 Å². The predicted octanol–water partition coefficient (Wildman–Crippen LogP) is 3.73. The summed E-state index contributed by atoms with van der Waals surface area (Å²) >= 11 is 0. The van der Waals surface area contributed by atoms with Crippen molar-refractivity contribution in [2.45, 2.75) is 30.1 Å². The highest BCUT2D eigenvalue weighted by atomic mass is 19.4. The Morgan fingerprint density at radius 1 is 0.765 bits per heavy atom. The minimum atomic E-state index is -5.90. The molecule has 0 aliphatic heterocycles. The van der Waals surface area contributed by atoms with Crippen LogP contribution in [0.15, 0.2) is 12.2 Å². The van der Waals surface area contributed by atoms with Crippen molar-refractivity contribution in [2.75, 3.05) is 0 Å². The largest absolute Gasteiger partial charge is 0.426 e. The summed E-state index contributed by atoms with van der Waals surface area (Å²) in [5.41, 5.74) is -9.78. The van der Waals surface area contributed by atoms with E-state index in [4.69, 9.17) is 0 Å². The van der Waals surface area contributed by atoms with Crippen LogP contribution in [0.2, 0.25) is 0 Å². The number of hydrogen-bond acceptors (Lipinski definition) is 0. The maximum atomic E-state index is 13.8. The van der Waals surface area contributed by atoms with Crippen molar-refractivity contribution < 1.29 is 35.1 Å². The molecule has 0 aromatic carbocycles. The second-order valence-electron chi connectivity index (χ2n) is 4.25. The Kier molecular flexibility index (Phi) is 2.19. The van der Waals surface area contributed by atoms with Gasteiger partial charge in [0.2, 0.25) is 0 Å². The van der Waals surface area contributed by atoms with Crippen molar-refractivity contribution >= 4 is 0 Å². The molecule has 17 heavy (non-hydrogen) atoms. The van der Waals surface area contributed by atoms with Gasteiger partial charge in [0.25, 0.3) is 11.3 Å². The van der Waals surface area contributed by atoms with Crippen molar-refractivity contribution in [3.8, 4) is 0 Å². The summed E-state index contributed by atoms with van der Waals surface area (Å²) in [6.45, 7) is 0. The average Bonchev–Trinajstić information content (AvgIpc) is 2.66. The zero-order valence-corrected chi connectivity index (χ0v) is 8.04. The van der Waals surface area contributed by atoms with E-state index in [9.17, 15) is 35.1 Å². The highest BCUT2D eigenvalue weighted by molar-refractivity contribution is 5.32. The highest BCUT2D eigenvalue weighted by Gasteiger charge is 2.87. The molecule has 0 saturated heterocycles. The van der Waals surface area contributed by atoms with Crippen molar-refractivity contribution in [1.29, 1.82) is 0 Å². The molecule has 2 aliphatic carbocycles. The SMILES string of the molecule is FC(F)(F)C1(F)C2C=CC(C2)C1(F)C(F)(F)F. The quantitative estimate of drug-likeness (QED) is 0.463. The number of halogens is 8. The Morgan fingerprint density at radius 2 is 1.06 bits per heavy atom. The summed E-state index contributed by atoms with van der Waals surface area (Å²) in [6.07, 6.45) is -11.3. The number of allylic oxidation sites excluding steroid dienone is 2. The lowest BCUT2D eigenvalue weighted by molar-refractivity contribution is -0.346.